The highest BCUT2D eigenvalue weighted by Gasteiger charge is 2.25. The third-order valence-electron chi connectivity index (χ3n) is 4.93. The first-order chi connectivity index (χ1) is 12.2. The first kappa shape index (κ1) is 17.6. The van der Waals surface area contributed by atoms with Crippen molar-refractivity contribution in [2.75, 3.05) is 19.7 Å². The summed E-state index contributed by atoms with van der Waals surface area (Å²) < 4.78 is 1.72. The molecule has 0 saturated carbocycles. The van der Waals surface area contributed by atoms with Gasteiger partial charge in [-0.25, -0.2) is 4.68 Å². The predicted molar refractivity (Wildman–Crippen MR) is 95.3 cm³/mol. The molecule has 1 amide bonds. The monoisotopic (exact) mass is 342 g/mol. The minimum Gasteiger partial charge on any atom is -0.396 e. The van der Waals surface area contributed by atoms with Crippen molar-refractivity contribution in [3.05, 3.63) is 47.3 Å². The normalized spacial score (nSPS) is 17.7. The van der Waals surface area contributed by atoms with Gasteiger partial charge in [0.15, 0.2) is 5.69 Å². The molecule has 2 heterocycles. The van der Waals surface area contributed by atoms with E-state index in [-0.39, 0.29) is 12.5 Å². The summed E-state index contributed by atoms with van der Waals surface area (Å²) in [6.07, 6.45) is 5.66. The highest BCUT2D eigenvalue weighted by Crippen LogP contribution is 2.22. The Labute approximate surface area is 148 Å². The Morgan fingerprint density at radius 2 is 2.20 bits per heavy atom. The van der Waals surface area contributed by atoms with E-state index in [1.807, 2.05) is 17.0 Å². The Morgan fingerprint density at radius 3 is 3.00 bits per heavy atom. The fraction of sp³-hybridized carbons (Fsp3) is 0.526. The van der Waals surface area contributed by atoms with Crippen molar-refractivity contribution < 1.29 is 9.90 Å². The van der Waals surface area contributed by atoms with Gasteiger partial charge in [0.1, 0.15) is 0 Å². The zero-order valence-electron chi connectivity index (χ0n) is 14.8. The van der Waals surface area contributed by atoms with Crippen LogP contribution in [-0.4, -0.2) is 50.6 Å². The van der Waals surface area contributed by atoms with Crippen molar-refractivity contribution in [2.24, 2.45) is 5.92 Å². The molecule has 3 rings (SSSR count). The Bertz CT molecular complexity index is 713. The van der Waals surface area contributed by atoms with Crippen LogP contribution in [0.1, 0.15) is 47.3 Å². The van der Waals surface area contributed by atoms with Crippen LogP contribution in [0, 0.1) is 12.8 Å². The van der Waals surface area contributed by atoms with E-state index in [1.54, 1.807) is 10.9 Å². The van der Waals surface area contributed by atoms with Crippen LogP contribution in [0.15, 0.2) is 30.5 Å². The van der Waals surface area contributed by atoms with E-state index in [0.717, 1.165) is 38.8 Å². The summed E-state index contributed by atoms with van der Waals surface area (Å²) in [6, 6.07) is 8.15. The number of piperidine rings is 1. The number of amides is 1. The maximum Gasteiger partial charge on any atom is 0.276 e. The zero-order valence-corrected chi connectivity index (χ0v) is 14.8. The lowest BCUT2D eigenvalue weighted by Gasteiger charge is -2.32. The molecule has 1 atom stereocenters. The number of aliphatic hydroxyl groups is 1. The second kappa shape index (κ2) is 8.25. The summed E-state index contributed by atoms with van der Waals surface area (Å²) in [5.74, 6) is 0.441. The van der Waals surface area contributed by atoms with Gasteiger partial charge in [0.2, 0.25) is 0 Å². The molecule has 0 bridgehead atoms. The molecule has 1 aliphatic rings. The smallest absolute Gasteiger partial charge is 0.276 e. The van der Waals surface area contributed by atoms with Crippen molar-refractivity contribution in [2.45, 2.75) is 39.2 Å². The number of rotatable bonds is 6. The fourth-order valence-corrected chi connectivity index (χ4v) is 3.46. The Morgan fingerprint density at radius 1 is 1.36 bits per heavy atom. The summed E-state index contributed by atoms with van der Waals surface area (Å²) >= 11 is 0. The van der Waals surface area contributed by atoms with E-state index in [0.29, 0.717) is 18.2 Å². The van der Waals surface area contributed by atoms with Crippen LogP contribution in [0.3, 0.4) is 0 Å². The van der Waals surface area contributed by atoms with Crippen LogP contribution in [0.2, 0.25) is 0 Å². The number of likely N-dealkylation sites (tertiary alicyclic amines) is 1. The Kier molecular flexibility index (Phi) is 5.81. The van der Waals surface area contributed by atoms with Crippen LogP contribution in [0.5, 0.6) is 0 Å². The molecule has 0 unspecified atom stereocenters. The number of benzene rings is 1. The minimum absolute atomic E-state index is 0.0373. The van der Waals surface area contributed by atoms with Gasteiger partial charge in [-0.2, -0.15) is 0 Å². The van der Waals surface area contributed by atoms with Gasteiger partial charge in [-0.1, -0.05) is 29.5 Å². The highest BCUT2D eigenvalue weighted by atomic mass is 16.3. The van der Waals surface area contributed by atoms with Gasteiger partial charge in [0.05, 0.1) is 12.7 Å². The van der Waals surface area contributed by atoms with Crippen molar-refractivity contribution >= 4 is 5.91 Å². The first-order valence-corrected chi connectivity index (χ1v) is 9.02. The largest absolute Gasteiger partial charge is 0.396 e. The van der Waals surface area contributed by atoms with E-state index < -0.39 is 0 Å². The van der Waals surface area contributed by atoms with Gasteiger partial charge >= 0.3 is 0 Å². The number of aryl methyl sites for hydroxylation is 1. The molecular weight excluding hydrogens is 316 g/mol. The van der Waals surface area contributed by atoms with Crippen molar-refractivity contribution in [1.29, 1.82) is 0 Å². The molecule has 25 heavy (non-hydrogen) atoms. The molecule has 1 aromatic carbocycles. The minimum atomic E-state index is -0.0373. The van der Waals surface area contributed by atoms with Crippen molar-refractivity contribution in [3.8, 4) is 0 Å². The predicted octanol–water partition coefficient (Wildman–Crippen LogP) is 2.26. The van der Waals surface area contributed by atoms with Gasteiger partial charge in [-0.15, -0.1) is 5.10 Å². The van der Waals surface area contributed by atoms with Gasteiger partial charge in [-0.05, 0) is 49.7 Å². The highest BCUT2D eigenvalue weighted by molar-refractivity contribution is 5.92. The third kappa shape index (κ3) is 4.45. The Balaban J connectivity index is 1.63. The summed E-state index contributed by atoms with van der Waals surface area (Å²) in [4.78, 5) is 14.6. The lowest BCUT2D eigenvalue weighted by Crippen LogP contribution is -2.40. The molecule has 0 radical (unpaired) electrons. The second-order valence-corrected chi connectivity index (χ2v) is 6.85. The first-order valence-electron chi connectivity index (χ1n) is 9.02. The maximum atomic E-state index is 12.7. The maximum absolute atomic E-state index is 12.7. The molecular formula is C19H26N4O2. The number of carbonyl (C=O) groups is 1. The van der Waals surface area contributed by atoms with Crippen LogP contribution in [0.25, 0.3) is 0 Å². The van der Waals surface area contributed by atoms with E-state index in [9.17, 15) is 4.79 Å². The van der Waals surface area contributed by atoms with Crippen molar-refractivity contribution in [3.63, 3.8) is 0 Å². The van der Waals surface area contributed by atoms with Gasteiger partial charge in [0.25, 0.3) is 5.91 Å². The van der Waals surface area contributed by atoms with Crippen LogP contribution < -0.4 is 0 Å². The summed E-state index contributed by atoms with van der Waals surface area (Å²) in [5, 5.41) is 17.2. The van der Waals surface area contributed by atoms with Crippen LogP contribution >= 0.6 is 0 Å². The number of aromatic nitrogens is 3. The molecule has 1 saturated heterocycles. The summed E-state index contributed by atoms with van der Waals surface area (Å²) in [6.45, 7) is 4.44. The lowest BCUT2D eigenvalue weighted by atomic mass is 9.93. The molecule has 2 aromatic rings. The third-order valence-corrected chi connectivity index (χ3v) is 4.93. The van der Waals surface area contributed by atoms with Gasteiger partial charge in [-0.3, -0.25) is 4.79 Å². The number of hydrogen-bond acceptors (Lipinski definition) is 4. The topological polar surface area (TPSA) is 71.2 Å². The van der Waals surface area contributed by atoms with E-state index in [2.05, 4.69) is 29.4 Å². The number of aliphatic hydroxyl groups excluding tert-OH is 1. The average Bonchev–Trinajstić information content (AvgIpc) is 3.10. The molecule has 1 aromatic heterocycles. The fourth-order valence-electron chi connectivity index (χ4n) is 3.46. The molecule has 0 spiro atoms. The van der Waals surface area contributed by atoms with Gasteiger partial charge in [0, 0.05) is 19.7 Å². The summed E-state index contributed by atoms with van der Waals surface area (Å²) in [7, 11) is 0. The quantitative estimate of drug-likeness (QED) is 0.874. The lowest BCUT2D eigenvalue weighted by molar-refractivity contribution is 0.0657. The van der Waals surface area contributed by atoms with E-state index in [4.69, 9.17) is 5.11 Å². The van der Waals surface area contributed by atoms with Crippen LogP contribution in [-0.2, 0) is 6.54 Å². The standard InChI is InChI=1S/C19H26N4O2/c1-15-6-2-3-9-17(15)13-23-14-18(20-21-23)19(25)22-10-4-7-16(12-22)8-5-11-24/h2-3,6,9,14,16,24H,4-5,7-8,10-13H2,1H3/t16-/m0/s1. The van der Waals surface area contributed by atoms with Crippen LogP contribution in [0.4, 0.5) is 0 Å². The summed E-state index contributed by atoms with van der Waals surface area (Å²) in [5.41, 5.74) is 2.79. The molecule has 6 nitrogen and oxygen atoms in total. The average molecular weight is 342 g/mol. The zero-order chi connectivity index (χ0) is 17.6. The second-order valence-electron chi connectivity index (χ2n) is 6.85. The van der Waals surface area contributed by atoms with E-state index in [1.165, 1.54) is 11.1 Å². The van der Waals surface area contributed by atoms with E-state index >= 15 is 0 Å². The number of hydrogen-bond donors (Lipinski definition) is 1. The van der Waals surface area contributed by atoms with Crippen molar-refractivity contribution in [1.82, 2.24) is 19.9 Å². The molecule has 1 fully saturated rings. The SMILES string of the molecule is Cc1ccccc1Cn1cc(C(=O)N2CCC[C@@H](CCCO)C2)nn1. The van der Waals surface area contributed by atoms with Gasteiger partial charge < -0.3 is 10.0 Å². The molecule has 1 aliphatic heterocycles. The molecule has 0 aliphatic carbocycles. The molecule has 1 N–H and O–H groups in total. The molecule has 134 valence electrons. The Hall–Kier alpha value is -2.21. The number of carbonyl (C=O) groups excluding carboxylic acids is 1. The number of nitrogens with zero attached hydrogens (tertiary/aromatic N) is 4. The molecule has 6 heteroatoms.